The number of anilines is 2. The second kappa shape index (κ2) is 11.8. The van der Waals surface area contributed by atoms with Gasteiger partial charge in [-0.1, -0.05) is 36.4 Å². The Morgan fingerprint density at radius 3 is 2.18 bits per heavy atom. The second-order valence-electron chi connectivity index (χ2n) is 11.4. The number of ether oxygens (including phenoxy) is 1. The van der Waals surface area contributed by atoms with Crippen LogP contribution in [0.4, 0.5) is 16.2 Å². The molecule has 8 heteroatoms. The third-order valence-corrected chi connectivity index (χ3v) is 7.01. The van der Waals surface area contributed by atoms with Crippen LogP contribution in [0.3, 0.4) is 0 Å². The van der Waals surface area contributed by atoms with E-state index in [9.17, 15) is 4.79 Å². The molecule has 204 valence electrons. The first-order valence-electron chi connectivity index (χ1n) is 13.7. The van der Waals surface area contributed by atoms with Crippen molar-refractivity contribution in [1.29, 1.82) is 0 Å². The Labute approximate surface area is 230 Å². The van der Waals surface area contributed by atoms with E-state index in [2.05, 4.69) is 54.8 Å². The molecule has 4 heterocycles. The van der Waals surface area contributed by atoms with E-state index >= 15 is 0 Å². The molecule has 2 aromatic carbocycles. The Hall–Kier alpha value is -4.07. The smallest absolute Gasteiger partial charge is 0.414 e. The summed E-state index contributed by atoms with van der Waals surface area (Å²) >= 11 is 0. The molecule has 0 fully saturated rings. The quantitative estimate of drug-likeness (QED) is 0.371. The minimum atomic E-state index is -0.497. The molecular weight excluding hydrogens is 488 g/mol. The van der Waals surface area contributed by atoms with Gasteiger partial charge in [0.15, 0.2) is 0 Å². The zero-order chi connectivity index (χ0) is 27.2. The molecule has 1 N–H and O–H groups in total. The van der Waals surface area contributed by atoms with E-state index in [1.807, 2.05) is 70.2 Å². The summed E-state index contributed by atoms with van der Waals surface area (Å²) in [4.78, 5) is 22.5. The maximum Gasteiger partial charge on any atom is 0.414 e. The van der Waals surface area contributed by atoms with E-state index in [1.54, 1.807) is 11.1 Å². The van der Waals surface area contributed by atoms with Gasteiger partial charge in [-0.2, -0.15) is 0 Å². The Morgan fingerprint density at radius 2 is 1.51 bits per heavy atom. The topological polar surface area (TPSA) is 77.2 Å². The zero-order valence-corrected chi connectivity index (χ0v) is 23.0. The molecule has 0 radical (unpaired) electrons. The van der Waals surface area contributed by atoms with Crippen molar-refractivity contribution in [3.8, 4) is 0 Å². The molecule has 2 aliphatic rings. The lowest BCUT2D eigenvalue weighted by atomic mass is 9.92. The van der Waals surface area contributed by atoms with Crippen molar-refractivity contribution < 1.29 is 9.53 Å². The molecule has 8 nitrogen and oxygen atoms in total. The van der Waals surface area contributed by atoms with Crippen molar-refractivity contribution in [3.63, 3.8) is 0 Å². The van der Waals surface area contributed by atoms with E-state index < -0.39 is 5.60 Å². The van der Waals surface area contributed by atoms with Crippen molar-refractivity contribution in [2.24, 2.45) is 11.8 Å². The average Bonchev–Trinajstić information content (AvgIpc) is 3.62. The summed E-state index contributed by atoms with van der Waals surface area (Å²) in [6.07, 6.45) is 13.1. The van der Waals surface area contributed by atoms with Crippen molar-refractivity contribution in [3.05, 3.63) is 97.1 Å². The lowest BCUT2D eigenvalue weighted by molar-refractivity contribution is 0.0570. The molecule has 0 bridgehead atoms. The van der Waals surface area contributed by atoms with Crippen LogP contribution < -0.4 is 10.2 Å². The highest BCUT2D eigenvalue weighted by molar-refractivity contribution is 5.89. The summed E-state index contributed by atoms with van der Waals surface area (Å²) in [5, 5.41) is 3.49. The van der Waals surface area contributed by atoms with Gasteiger partial charge in [0, 0.05) is 56.7 Å². The van der Waals surface area contributed by atoms with Crippen LogP contribution in [0, 0.1) is 11.8 Å². The van der Waals surface area contributed by atoms with Crippen molar-refractivity contribution in [2.75, 3.05) is 23.3 Å². The van der Waals surface area contributed by atoms with Gasteiger partial charge in [0.05, 0.1) is 18.3 Å². The number of carbonyl (C=O) groups excluding carboxylic acids is 1. The van der Waals surface area contributed by atoms with E-state index in [4.69, 9.17) is 4.74 Å². The highest BCUT2D eigenvalue weighted by atomic mass is 16.6. The van der Waals surface area contributed by atoms with Gasteiger partial charge >= 0.3 is 6.09 Å². The Bertz CT molecular complexity index is 1340. The van der Waals surface area contributed by atoms with Crippen LogP contribution >= 0.6 is 0 Å². The fourth-order valence-electron chi connectivity index (χ4n) is 5.31. The van der Waals surface area contributed by atoms with Gasteiger partial charge in [-0.25, -0.2) is 14.8 Å². The summed E-state index contributed by atoms with van der Waals surface area (Å²) in [6.45, 7) is 9.27. The number of nitrogens with one attached hydrogen (secondary N) is 1. The van der Waals surface area contributed by atoms with Gasteiger partial charge < -0.3 is 19.2 Å². The number of amides is 1. The summed E-state index contributed by atoms with van der Waals surface area (Å²) in [5.41, 5.74) is 4.38. The third-order valence-electron chi connectivity index (χ3n) is 7.01. The van der Waals surface area contributed by atoms with Crippen molar-refractivity contribution >= 4 is 17.5 Å². The molecule has 0 spiro atoms. The van der Waals surface area contributed by atoms with E-state index in [0.717, 1.165) is 38.2 Å². The lowest BCUT2D eigenvalue weighted by Crippen LogP contribution is -2.43. The van der Waals surface area contributed by atoms with Crippen LogP contribution in [0.25, 0.3) is 0 Å². The molecular formula is C31H38N6O2. The maximum absolute atomic E-state index is 12.6. The molecule has 2 atom stereocenters. The van der Waals surface area contributed by atoms with Crippen LogP contribution in [0.1, 0.15) is 31.9 Å². The van der Waals surface area contributed by atoms with Crippen LogP contribution in [-0.4, -0.2) is 43.9 Å². The number of rotatable bonds is 4. The molecule has 2 unspecified atom stereocenters. The Kier molecular flexibility index (Phi) is 8.00. The summed E-state index contributed by atoms with van der Waals surface area (Å²) in [7, 11) is 0. The van der Waals surface area contributed by atoms with Gasteiger partial charge in [0.2, 0.25) is 0 Å². The van der Waals surface area contributed by atoms with Crippen LogP contribution in [0.5, 0.6) is 0 Å². The zero-order valence-electron chi connectivity index (χ0n) is 23.0. The predicted molar refractivity (Wildman–Crippen MR) is 154 cm³/mol. The summed E-state index contributed by atoms with van der Waals surface area (Å²) in [6, 6.07) is 16.6. The molecule has 0 aliphatic carbocycles. The molecule has 2 aliphatic heterocycles. The molecule has 2 aromatic heterocycles. The number of fused-ring (bicyclic) bond motifs is 2. The standard InChI is InChI=1S/C18H23N3O2.C13H15N3/c1-18(2,3)23-17(22)21-12-14(11-20-9-8-19-13-20)10-15-6-4-5-7-16(15)21;1-2-4-13-12(3-1)7-11(8-15-13)9-16-6-5-14-10-16/h4-9,13-14H,10-12H2,1-3H3;1-6,10-11,15H,7-9H2. The monoisotopic (exact) mass is 526 g/mol. The van der Waals surface area contributed by atoms with Crippen LogP contribution in [-0.2, 0) is 30.7 Å². The van der Waals surface area contributed by atoms with Crippen molar-refractivity contribution in [2.45, 2.75) is 52.3 Å². The molecule has 1 amide bonds. The summed E-state index contributed by atoms with van der Waals surface area (Å²) in [5.74, 6) is 0.996. The lowest BCUT2D eigenvalue weighted by Gasteiger charge is -2.35. The molecule has 0 saturated heterocycles. The number of hydrogen-bond acceptors (Lipinski definition) is 5. The van der Waals surface area contributed by atoms with Crippen molar-refractivity contribution in [1.82, 2.24) is 19.1 Å². The number of hydrogen-bond donors (Lipinski definition) is 1. The molecule has 6 rings (SSSR count). The first-order valence-corrected chi connectivity index (χ1v) is 13.7. The molecule has 39 heavy (non-hydrogen) atoms. The minimum absolute atomic E-state index is 0.278. The minimum Gasteiger partial charge on any atom is -0.443 e. The third kappa shape index (κ3) is 7.07. The number of imidazole rings is 2. The summed E-state index contributed by atoms with van der Waals surface area (Å²) < 4.78 is 9.80. The van der Waals surface area contributed by atoms with E-state index in [1.165, 1.54) is 16.8 Å². The van der Waals surface area contributed by atoms with Gasteiger partial charge in [0.25, 0.3) is 0 Å². The van der Waals surface area contributed by atoms with Crippen LogP contribution in [0.15, 0.2) is 86.0 Å². The number of carbonyl (C=O) groups is 1. The fraction of sp³-hybridized carbons (Fsp3) is 0.387. The highest BCUT2D eigenvalue weighted by Crippen LogP contribution is 2.31. The van der Waals surface area contributed by atoms with Gasteiger partial charge in [0.1, 0.15) is 5.60 Å². The number of benzene rings is 2. The molecule has 4 aromatic rings. The largest absolute Gasteiger partial charge is 0.443 e. The van der Waals surface area contributed by atoms with Gasteiger partial charge in [-0.3, -0.25) is 4.90 Å². The van der Waals surface area contributed by atoms with Gasteiger partial charge in [-0.15, -0.1) is 0 Å². The number of nitrogens with zero attached hydrogens (tertiary/aromatic N) is 5. The number of aromatic nitrogens is 4. The first kappa shape index (κ1) is 26.5. The normalized spacial score (nSPS) is 18.2. The molecule has 0 saturated carbocycles. The average molecular weight is 527 g/mol. The van der Waals surface area contributed by atoms with Crippen LogP contribution in [0.2, 0.25) is 0 Å². The maximum atomic E-state index is 12.6. The highest BCUT2D eigenvalue weighted by Gasteiger charge is 2.31. The van der Waals surface area contributed by atoms with E-state index in [-0.39, 0.29) is 6.09 Å². The fourth-order valence-corrected chi connectivity index (χ4v) is 5.31. The Morgan fingerprint density at radius 1 is 0.897 bits per heavy atom. The second-order valence-corrected chi connectivity index (χ2v) is 11.4. The SMILES string of the molecule is CC(C)(C)OC(=O)N1CC(Cn2ccnc2)Cc2ccccc21.c1ccc2c(c1)CC(Cn1ccnc1)CN2. The predicted octanol–water partition coefficient (Wildman–Crippen LogP) is 5.66. The van der Waals surface area contributed by atoms with Gasteiger partial charge in [-0.05, 0) is 68.7 Å². The van der Waals surface area contributed by atoms with E-state index in [0.29, 0.717) is 18.4 Å². The Balaban J connectivity index is 0.000000168. The number of para-hydroxylation sites is 2. The first-order chi connectivity index (χ1) is 18.8.